The number of nitrogens with one attached hydrogen (secondary N) is 1. The predicted molar refractivity (Wildman–Crippen MR) is 163 cm³/mol. The number of halogens is 1. The second-order valence-electron chi connectivity index (χ2n) is 10.8. The van der Waals surface area contributed by atoms with Crippen molar-refractivity contribution in [2.24, 2.45) is 0 Å². The van der Waals surface area contributed by atoms with E-state index in [0.29, 0.717) is 10.7 Å². The van der Waals surface area contributed by atoms with E-state index in [2.05, 4.69) is 5.32 Å². The fourth-order valence-electron chi connectivity index (χ4n) is 5.17. The maximum atomic E-state index is 14.1. The fourth-order valence-corrected chi connectivity index (χ4v) is 6.70. The number of aryl methyl sites for hydroxylation is 2. The van der Waals surface area contributed by atoms with Crippen LogP contribution >= 0.6 is 11.6 Å². The maximum Gasteiger partial charge on any atom is 0.264 e. The summed E-state index contributed by atoms with van der Waals surface area (Å²) in [7, 11) is -4.14. The van der Waals surface area contributed by atoms with E-state index in [4.69, 9.17) is 11.6 Å². The van der Waals surface area contributed by atoms with Crippen molar-refractivity contribution in [3.63, 3.8) is 0 Å². The Morgan fingerprint density at radius 3 is 2.29 bits per heavy atom. The van der Waals surface area contributed by atoms with Crippen LogP contribution < -0.4 is 9.62 Å². The van der Waals surface area contributed by atoms with Gasteiger partial charge in [-0.3, -0.25) is 13.9 Å². The van der Waals surface area contributed by atoms with E-state index in [9.17, 15) is 18.0 Å². The molecule has 0 aliphatic heterocycles. The van der Waals surface area contributed by atoms with Gasteiger partial charge in [0.1, 0.15) is 12.6 Å². The molecule has 1 atom stereocenters. The molecule has 3 aromatic rings. The average Bonchev–Trinajstić information content (AvgIpc) is 2.95. The summed E-state index contributed by atoms with van der Waals surface area (Å²) in [5.41, 5.74) is 3.09. The van der Waals surface area contributed by atoms with Gasteiger partial charge >= 0.3 is 0 Å². The molecule has 0 radical (unpaired) electrons. The Balaban J connectivity index is 1.68. The Bertz CT molecular complexity index is 1470. The number of rotatable bonds is 10. The Kier molecular flexibility index (Phi) is 10.1. The van der Waals surface area contributed by atoms with Gasteiger partial charge in [0.25, 0.3) is 10.0 Å². The highest BCUT2D eigenvalue weighted by Crippen LogP contribution is 2.27. The molecule has 1 aliphatic carbocycles. The van der Waals surface area contributed by atoms with Gasteiger partial charge in [0, 0.05) is 17.6 Å². The van der Waals surface area contributed by atoms with Gasteiger partial charge in [-0.1, -0.05) is 67.3 Å². The van der Waals surface area contributed by atoms with E-state index in [1.807, 2.05) is 44.2 Å². The van der Waals surface area contributed by atoms with Crippen molar-refractivity contribution in [2.75, 3.05) is 10.8 Å². The summed E-state index contributed by atoms with van der Waals surface area (Å²) in [6, 6.07) is 19.8. The summed E-state index contributed by atoms with van der Waals surface area (Å²) >= 11 is 6.02. The molecular formula is C32H38ClN3O4S. The predicted octanol–water partition coefficient (Wildman–Crippen LogP) is 6.02. The van der Waals surface area contributed by atoms with Crippen molar-refractivity contribution in [3.05, 3.63) is 94.5 Å². The van der Waals surface area contributed by atoms with Crippen molar-refractivity contribution in [1.82, 2.24) is 10.2 Å². The number of sulfonamides is 1. The van der Waals surface area contributed by atoms with E-state index in [1.165, 1.54) is 29.2 Å². The molecule has 9 heteroatoms. The van der Waals surface area contributed by atoms with Gasteiger partial charge in [-0.15, -0.1) is 0 Å². The van der Waals surface area contributed by atoms with E-state index in [0.717, 1.165) is 53.1 Å². The molecule has 1 N–H and O–H groups in total. The number of carbonyl (C=O) groups is 2. The lowest BCUT2D eigenvalue weighted by atomic mass is 9.95. The lowest BCUT2D eigenvalue weighted by Crippen LogP contribution is -2.53. The topological polar surface area (TPSA) is 86.8 Å². The molecule has 0 heterocycles. The Morgan fingerprint density at radius 1 is 0.951 bits per heavy atom. The third kappa shape index (κ3) is 7.68. The number of anilines is 1. The number of carbonyl (C=O) groups excluding carboxylic acids is 2. The van der Waals surface area contributed by atoms with Gasteiger partial charge in [-0.05, 0) is 86.7 Å². The van der Waals surface area contributed by atoms with E-state index in [1.54, 1.807) is 25.1 Å². The van der Waals surface area contributed by atoms with Gasteiger partial charge in [0.2, 0.25) is 11.8 Å². The minimum absolute atomic E-state index is 0.0183. The maximum absolute atomic E-state index is 14.1. The van der Waals surface area contributed by atoms with Crippen LogP contribution in [0.15, 0.2) is 77.7 Å². The summed E-state index contributed by atoms with van der Waals surface area (Å²) in [4.78, 5) is 29.1. The minimum atomic E-state index is -4.14. The van der Waals surface area contributed by atoms with Crippen LogP contribution in [0, 0.1) is 13.8 Å². The first-order chi connectivity index (χ1) is 19.6. The summed E-state index contributed by atoms with van der Waals surface area (Å²) in [6.45, 7) is 5.23. The second kappa shape index (κ2) is 13.5. The Morgan fingerprint density at radius 2 is 1.63 bits per heavy atom. The number of benzene rings is 3. The number of hydrogen-bond donors (Lipinski definition) is 1. The molecule has 0 saturated heterocycles. The molecule has 3 aromatic carbocycles. The smallest absolute Gasteiger partial charge is 0.264 e. The van der Waals surface area contributed by atoms with E-state index < -0.39 is 28.5 Å². The molecule has 7 nitrogen and oxygen atoms in total. The first kappa shape index (κ1) is 30.6. The van der Waals surface area contributed by atoms with Crippen LogP contribution in [-0.4, -0.2) is 43.8 Å². The molecule has 0 unspecified atom stereocenters. The SMILES string of the molecule is Cc1cccc(N(CC(=O)N(Cc2ccccc2C)[C@@H](C)C(=O)NC2CCCCC2)S(=O)(=O)c2ccc(Cl)cc2)c1. The van der Waals surface area contributed by atoms with Gasteiger partial charge in [0.05, 0.1) is 10.6 Å². The highest BCUT2D eigenvalue weighted by atomic mass is 35.5. The fraction of sp³-hybridized carbons (Fsp3) is 0.375. The molecule has 41 heavy (non-hydrogen) atoms. The Hall–Kier alpha value is -3.36. The zero-order valence-corrected chi connectivity index (χ0v) is 25.4. The zero-order valence-electron chi connectivity index (χ0n) is 23.8. The molecule has 218 valence electrons. The normalized spacial score (nSPS) is 14.7. The highest BCUT2D eigenvalue weighted by Gasteiger charge is 2.33. The van der Waals surface area contributed by atoms with Crippen LogP contribution in [0.2, 0.25) is 5.02 Å². The third-order valence-electron chi connectivity index (χ3n) is 7.69. The number of nitrogens with zero attached hydrogens (tertiary/aromatic N) is 2. The largest absolute Gasteiger partial charge is 0.352 e. The molecule has 1 aliphatic rings. The van der Waals surface area contributed by atoms with Gasteiger partial charge in [-0.2, -0.15) is 0 Å². The average molecular weight is 596 g/mol. The van der Waals surface area contributed by atoms with Crippen molar-refractivity contribution in [2.45, 2.75) is 76.4 Å². The molecular weight excluding hydrogens is 558 g/mol. The van der Waals surface area contributed by atoms with Gasteiger partial charge < -0.3 is 10.2 Å². The van der Waals surface area contributed by atoms with Crippen LogP contribution in [0.5, 0.6) is 0 Å². The minimum Gasteiger partial charge on any atom is -0.352 e. The summed E-state index contributed by atoms with van der Waals surface area (Å²) in [5.74, 6) is -0.708. The van der Waals surface area contributed by atoms with Crippen molar-refractivity contribution < 1.29 is 18.0 Å². The first-order valence-electron chi connectivity index (χ1n) is 14.1. The molecule has 2 amide bonds. The molecule has 0 bridgehead atoms. The highest BCUT2D eigenvalue weighted by molar-refractivity contribution is 7.92. The van der Waals surface area contributed by atoms with Crippen LogP contribution in [0.3, 0.4) is 0 Å². The molecule has 1 saturated carbocycles. The second-order valence-corrected chi connectivity index (χ2v) is 13.1. The summed E-state index contributed by atoms with van der Waals surface area (Å²) in [6.07, 6.45) is 5.14. The van der Waals surface area contributed by atoms with Crippen LogP contribution in [-0.2, 0) is 26.2 Å². The van der Waals surface area contributed by atoms with Crippen molar-refractivity contribution in [3.8, 4) is 0 Å². The van der Waals surface area contributed by atoms with E-state index in [-0.39, 0.29) is 23.4 Å². The Labute approximate surface area is 248 Å². The van der Waals surface area contributed by atoms with E-state index >= 15 is 0 Å². The quantitative estimate of drug-likeness (QED) is 0.311. The van der Waals surface area contributed by atoms with Crippen molar-refractivity contribution >= 4 is 39.1 Å². The van der Waals surface area contributed by atoms with Crippen LogP contribution in [0.25, 0.3) is 0 Å². The summed E-state index contributed by atoms with van der Waals surface area (Å²) < 4.78 is 29.0. The monoisotopic (exact) mass is 595 g/mol. The zero-order chi connectivity index (χ0) is 29.6. The van der Waals surface area contributed by atoms with Crippen molar-refractivity contribution in [1.29, 1.82) is 0 Å². The van der Waals surface area contributed by atoms with Crippen LogP contribution in [0.4, 0.5) is 5.69 Å². The summed E-state index contributed by atoms with van der Waals surface area (Å²) in [5, 5.41) is 3.54. The molecule has 0 aromatic heterocycles. The first-order valence-corrected chi connectivity index (χ1v) is 15.9. The third-order valence-corrected chi connectivity index (χ3v) is 9.73. The van der Waals surface area contributed by atoms with Crippen LogP contribution in [0.1, 0.15) is 55.7 Å². The number of amides is 2. The van der Waals surface area contributed by atoms with Gasteiger partial charge in [0.15, 0.2) is 0 Å². The standard InChI is InChI=1S/C32H38ClN3O4S/c1-23-10-9-15-29(20-23)36(41(39,40)30-18-16-27(33)17-19-30)22-31(37)35(21-26-12-8-7-11-24(26)2)25(3)32(38)34-28-13-5-4-6-14-28/h7-12,15-20,25,28H,4-6,13-14,21-22H2,1-3H3,(H,34,38)/t25-/m0/s1. The molecule has 0 spiro atoms. The molecule has 1 fully saturated rings. The lowest BCUT2D eigenvalue weighted by molar-refractivity contribution is -0.139. The number of hydrogen-bond acceptors (Lipinski definition) is 4. The molecule has 4 rings (SSSR count). The van der Waals surface area contributed by atoms with Gasteiger partial charge in [-0.25, -0.2) is 8.42 Å². The lowest BCUT2D eigenvalue weighted by Gasteiger charge is -2.33.